The molecule has 0 saturated carbocycles. The number of hydrogen-bond acceptors (Lipinski definition) is 8. The predicted molar refractivity (Wildman–Crippen MR) is 122 cm³/mol. The van der Waals surface area contributed by atoms with Gasteiger partial charge in [-0.3, -0.25) is 9.36 Å². The zero-order chi connectivity index (χ0) is 22.6. The summed E-state index contributed by atoms with van der Waals surface area (Å²) in [5.74, 6) is 2.75. The third kappa shape index (κ3) is 4.80. The molecule has 0 unspecified atom stereocenters. The van der Waals surface area contributed by atoms with Crippen molar-refractivity contribution in [3.05, 3.63) is 66.6 Å². The van der Waals surface area contributed by atoms with Crippen molar-refractivity contribution >= 4 is 23.4 Å². The predicted octanol–water partition coefficient (Wildman–Crippen LogP) is 3.79. The fraction of sp³-hybridized carbons (Fsp3) is 0.174. The van der Waals surface area contributed by atoms with Gasteiger partial charge in [-0.05, 0) is 48.5 Å². The Morgan fingerprint density at radius 3 is 2.67 bits per heavy atom. The summed E-state index contributed by atoms with van der Waals surface area (Å²) in [6.45, 7) is 1.40. The van der Waals surface area contributed by atoms with Crippen LogP contribution in [0.1, 0.15) is 5.76 Å². The van der Waals surface area contributed by atoms with Gasteiger partial charge < -0.3 is 24.3 Å². The number of thioether (sulfide) groups is 1. The van der Waals surface area contributed by atoms with Crippen LogP contribution in [0.3, 0.4) is 0 Å². The molecule has 2 aromatic heterocycles. The van der Waals surface area contributed by atoms with E-state index < -0.39 is 0 Å². The van der Waals surface area contributed by atoms with Crippen molar-refractivity contribution in [2.24, 2.45) is 0 Å². The lowest BCUT2D eigenvalue weighted by atomic mass is 10.2. The average molecular weight is 465 g/mol. The van der Waals surface area contributed by atoms with Gasteiger partial charge in [0.05, 0.1) is 18.6 Å². The summed E-state index contributed by atoms with van der Waals surface area (Å²) in [4.78, 5) is 12.6. The molecule has 0 fully saturated rings. The summed E-state index contributed by atoms with van der Waals surface area (Å²) >= 11 is 1.27. The van der Waals surface area contributed by atoms with Crippen LogP contribution in [0.4, 0.5) is 5.69 Å². The van der Waals surface area contributed by atoms with Crippen molar-refractivity contribution in [2.45, 2.75) is 11.7 Å². The Morgan fingerprint density at radius 2 is 1.88 bits per heavy atom. The van der Waals surface area contributed by atoms with Crippen molar-refractivity contribution in [1.29, 1.82) is 0 Å². The van der Waals surface area contributed by atoms with Crippen LogP contribution in [0, 0.1) is 0 Å². The number of phenolic OH excluding ortho intramolecular Hbond substituents is 1. The van der Waals surface area contributed by atoms with Gasteiger partial charge in [0.1, 0.15) is 24.7 Å². The number of nitrogens with one attached hydrogen (secondary N) is 1. The molecule has 4 aromatic rings. The molecule has 168 valence electrons. The highest BCUT2D eigenvalue weighted by Crippen LogP contribution is 2.33. The minimum Gasteiger partial charge on any atom is -0.508 e. The van der Waals surface area contributed by atoms with E-state index in [0.717, 1.165) is 11.3 Å². The fourth-order valence-corrected chi connectivity index (χ4v) is 4.11. The third-order valence-corrected chi connectivity index (χ3v) is 5.86. The lowest BCUT2D eigenvalue weighted by Gasteiger charge is -2.19. The summed E-state index contributed by atoms with van der Waals surface area (Å²) < 4.78 is 18.5. The zero-order valence-electron chi connectivity index (χ0n) is 17.4. The van der Waals surface area contributed by atoms with Crippen molar-refractivity contribution in [2.75, 3.05) is 24.3 Å². The van der Waals surface area contributed by atoms with Crippen molar-refractivity contribution in [3.63, 3.8) is 0 Å². The van der Waals surface area contributed by atoms with Gasteiger partial charge in [-0.15, -0.1) is 10.2 Å². The lowest BCUT2D eigenvalue weighted by molar-refractivity contribution is -0.113. The molecule has 33 heavy (non-hydrogen) atoms. The third-order valence-electron chi connectivity index (χ3n) is 4.89. The van der Waals surface area contributed by atoms with Gasteiger partial charge in [-0.2, -0.15) is 0 Å². The number of hydrogen-bond donors (Lipinski definition) is 2. The number of carbonyl (C=O) groups excluding carboxylic acids is 1. The second-order valence-corrected chi connectivity index (χ2v) is 8.16. The van der Waals surface area contributed by atoms with E-state index in [-0.39, 0.29) is 17.4 Å². The van der Waals surface area contributed by atoms with E-state index in [1.807, 2.05) is 16.7 Å². The van der Waals surface area contributed by atoms with Gasteiger partial charge in [-0.1, -0.05) is 11.8 Å². The van der Waals surface area contributed by atoms with Gasteiger partial charge >= 0.3 is 0 Å². The highest BCUT2D eigenvalue weighted by molar-refractivity contribution is 7.99. The Morgan fingerprint density at radius 1 is 1.06 bits per heavy atom. The van der Waals surface area contributed by atoms with E-state index in [2.05, 4.69) is 15.5 Å². The smallest absolute Gasteiger partial charge is 0.234 e. The highest BCUT2D eigenvalue weighted by Gasteiger charge is 2.18. The number of fused-ring (bicyclic) bond motifs is 1. The van der Waals surface area contributed by atoms with Crippen LogP contribution in [-0.4, -0.2) is 44.7 Å². The Bertz CT molecular complexity index is 1250. The number of ether oxygens (including phenoxy) is 2. The van der Waals surface area contributed by atoms with E-state index in [9.17, 15) is 9.90 Å². The quantitative estimate of drug-likeness (QED) is 0.397. The van der Waals surface area contributed by atoms with Crippen LogP contribution >= 0.6 is 11.8 Å². The fourth-order valence-electron chi connectivity index (χ4n) is 3.37. The Labute approximate surface area is 193 Å². The Kier molecular flexibility index (Phi) is 5.90. The highest BCUT2D eigenvalue weighted by atomic mass is 32.2. The first-order chi connectivity index (χ1) is 16.2. The monoisotopic (exact) mass is 464 g/mol. The van der Waals surface area contributed by atoms with Crippen LogP contribution < -0.4 is 14.8 Å². The molecule has 0 spiro atoms. The first-order valence-corrected chi connectivity index (χ1v) is 11.2. The maximum absolute atomic E-state index is 12.6. The van der Waals surface area contributed by atoms with Gasteiger partial charge in [0.25, 0.3) is 0 Å². The largest absolute Gasteiger partial charge is 0.508 e. The lowest BCUT2D eigenvalue weighted by Crippen LogP contribution is -2.17. The molecule has 0 bridgehead atoms. The number of aromatic nitrogens is 3. The number of anilines is 1. The Balaban J connectivity index is 1.31. The van der Waals surface area contributed by atoms with Crippen LogP contribution in [0.15, 0.2) is 70.4 Å². The topological polar surface area (TPSA) is 112 Å². The van der Waals surface area contributed by atoms with Gasteiger partial charge in [0.15, 0.2) is 22.5 Å². The van der Waals surface area contributed by atoms with Crippen molar-refractivity contribution in [1.82, 2.24) is 14.8 Å². The molecule has 2 aromatic carbocycles. The van der Waals surface area contributed by atoms with Crippen molar-refractivity contribution < 1.29 is 23.8 Å². The number of nitrogens with zero attached hydrogens (tertiary/aromatic N) is 3. The number of aromatic hydroxyl groups is 1. The minimum atomic E-state index is -0.185. The number of benzene rings is 2. The summed E-state index contributed by atoms with van der Waals surface area (Å²) in [5, 5.41) is 21.6. The molecule has 1 aliphatic heterocycles. The van der Waals surface area contributed by atoms with Gasteiger partial charge in [0.2, 0.25) is 5.91 Å². The molecular weight excluding hydrogens is 444 g/mol. The molecule has 2 N–H and O–H groups in total. The number of carbonyl (C=O) groups is 1. The molecule has 5 rings (SSSR count). The normalized spacial score (nSPS) is 12.5. The molecule has 1 amide bonds. The van der Waals surface area contributed by atoms with Crippen molar-refractivity contribution in [3.8, 4) is 28.6 Å². The summed E-state index contributed by atoms with van der Waals surface area (Å²) in [7, 11) is 0. The number of rotatable bonds is 7. The van der Waals surface area contributed by atoms with Crippen LogP contribution in [0.2, 0.25) is 0 Å². The summed E-state index contributed by atoms with van der Waals surface area (Å²) in [6.07, 6.45) is 1.60. The molecule has 0 aliphatic carbocycles. The number of furan rings is 1. The molecule has 10 heteroatoms. The van der Waals surface area contributed by atoms with Gasteiger partial charge in [0, 0.05) is 17.3 Å². The Hall–Kier alpha value is -3.92. The molecule has 0 radical (unpaired) electrons. The standard InChI is InChI=1S/C23H20N4O5S/c28-17-6-3-15(4-7-17)22-25-26-23(27(22)13-18-2-1-9-30-18)33-14-21(29)24-16-5-8-19-20(12-16)32-11-10-31-19/h1-9,12,28H,10-11,13-14H2,(H,24,29). The van der Waals surface area contributed by atoms with E-state index in [0.29, 0.717) is 47.9 Å². The zero-order valence-corrected chi connectivity index (χ0v) is 18.2. The molecule has 0 atom stereocenters. The van der Waals surface area contributed by atoms with Crippen LogP contribution in [0.25, 0.3) is 11.4 Å². The number of phenols is 1. The minimum absolute atomic E-state index is 0.139. The van der Waals surface area contributed by atoms with Crippen LogP contribution in [0.5, 0.6) is 17.2 Å². The number of amides is 1. The maximum Gasteiger partial charge on any atom is 0.234 e. The van der Waals surface area contributed by atoms with Crippen LogP contribution in [-0.2, 0) is 11.3 Å². The maximum atomic E-state index is 12.6. The van der Waals surface area contributed by atoms with E-state index >= 15 is 0 Å². The summed E-state index contributed by atoms with van der Waals surface area (Å²) in [5.41, 5.74) is 1.42. The average Bonchev–Trinajstić information content (AvgIpc) is 3.49. The second kappa shape index (κ2) is 9.29. The summed E-state index contributed by atoms with van der Waals surface area (Å²) in [6, 6.07) is 15.7. The molecular formula is C23H20N4O5S. The molecule has 0 saturated heterocycles. The first kappa shape index (κ1) is 21.0. The second-order valence-electron chi connectivity index (χ2n) is 7.21. The van der Waals surface area contributed by atoms with E-state index in [4.69, 9.17) is 13.9 Å². The molecule has 1 aliphatic rings. The first-order valence-electron chi connectivity index (χ1n) is 10.2. The molecule has 9 nitrogen and oxygen atoms in total. The SMILES string of the molecule is O=C(CSc1nnc(-c2ccc(O)cc2)n1Cc1ccco1)Nc1ccc2c(c1)OCCO2. The van der Waals surface area contributed by atoms with E-state index in [1.165, 1.54) is 11.8 Å². The molecule has 3 heterocycles. The van der Waals surface area contributed by atoms with E-state index in [1.54, 1.807) is 48.7 Å². The van der Waals surface area contributed by atoms with Gasteiger partial charge in [-0.25, -0.2) is 0 Å².